The third kappa shape index (κ3) is 3.51. The minimum atomic E-state index is 0.198. The molecule has 108 valence electrons. The van der Waals surface area contributed by atoms with Crippen molar-refractivity contribution in [2.45, 2.75) is 19.9 Å². The number of methoxy groups -OCH3 is 1. The van der Waals surface area contributed by atoms with E-state index in [1.54, 1.807) is 13.3 Å². The average molecular weight is 275 g/mol. The van der Waals surface area contributed by atoms with E-state index < -0.39 is 0 Å². The van der Waals surface area contributed by atoms with Gasteiger partial charge in [0.05, 0.1) is 13.2 Å². The summed E-state index contributed by atoms with van der Waals surface area (Å²) in [5.74, 6) is 1.68. The summed E-state index contributed by atoms with van der Waals surface area (Å²) in [6.45, 7) is 5.34. The highest BCUT2D eigenvalue weighted by atomic mass is 16.5. The first-order chi connectivity index (χ1) is 9.74. The molecule has 0 aliphatic heterocycles. The Morgan fingerprint density at radius 1 is 1.30 bits per heavy atom. The summed E-state index contributed by atoms with van der Waals surface area (Å²) in [4.78, 5) is 4.34. The lowest BCUT2D eigenvalue weighted by Gasteiger charge is -2.15. The van der Waals surface area contributed by atoms with Gasteiger partial charge in [-0.1, -0.05) is 0 Å². The zero-order valence-corrected chi connectivity index (χ0v) is 12.2. The molecule has 1 N–H and O–H groups in total. The van der Waals surface area contributed by atoms with E-state index in [1.807, 2.05) is 42.0 Å². The highest BCUT2D eigenvalue weighted by molar-refractivity contribution is 5.44. The smallest absolute Gasteiger partial charge is 0.207 e. The zero-order chi connectivity index (χ0) is 14.4. The summed E-state index contributed by atoms with van der Waals surface area (Å²) in [5, 5.41) is 3.33. The molecule has 5 nitrogen and oxygen atoms in total. The Morgan fingerprint density at radius 3 is 2.70 bits per heavy atom. The van der Waals surface area contributed by atoms with Crippen molar-refractivity contribution in [3.63, 3.8) is 0 Å². The number of benzene rings is 1. The molecule has 2 aromatic rings. The van der Waals surface area contributed by atoms with Gasteiger partial charge in [0, 0.05) is 31.2 Å². The first kappa shape index (κ1) is 14.4. The zero-order valence-electron chi connectivity index (χ0n) is 12.2. The van der Waals surface area contributed by atoms with E-state index in [1.165, 1.54) is 0 Å². The SMILES string of the molecule is CCOc1ccc(-n2ccnc2NC(C)COC)cc1. The van der Waals surface area contributed by atoms with Gasteiger partial charge in [0.2, 0.25) is 5.95 Å². The fourth-order valence-corrected chi connectivity index (χ4v) is 2.00. The average Bonchev–Trinajstić information content (AvgIpc) is 2.88. The third-order valence-corrected chi connectivity index (χ3v) is 2.86. The van der Waals surface area contributed by atoms with Crippen molar-refractivity contribution in [3.05, 3.63) is 36.7 Å². The molecule has 1 unspecified atom stereocenters. The molecule has 0 aliphatic rings. The van der Waals surface area contributed by atoms with E-state index >= 15 is 0 Å². The fourth-order valence-electron chi connectivity index (χ4n) is 2.00. The Morgan fingerprint density at radius 2 is 2.05 bits per heavy atom. The van der Waals surface area contributed by atoms with Gasteiger partial charge in [0.15, 0.2) is 0 Å². The normalized spacial score (nSPS) is 12.2. The van der Waals surface area contributed by atoms with E-state index in [2.05, 4.69) is 17.2 Å². The van der Waals surface area contributed by atoms with E-state index in [0.717, 1.165) is 17.4 Å². The van der Waals surface area contributed by atoms with Crippen LogP contribution in [-0.4, -0.2) is 35.9 Å². The van der Waals surface area contributed by atoms with Crippen LogP contribution >= 0.6 is 0 Å². The lowest BCUT2D eigenvalue weighted by Crippen LogP contribution is -2.22. The highest BCUT2D eigenvalue weighted by Gasteiger charge is 2.08. The van der Waals surface area contributed by atoms with Crippen LogP contribution in [0.3, 0.4) is 0 Å². The van der Waals surface area contributed by atoms with Crippen molar-refractivity contribution in [2.75, 3.05) is 25.6 Å². The Balaban J connectivity index is 2.14. The second kappa shape index (κ2) is 6.96. The van der Waals surface area contributed by atoms with Gasteiger partial charge in [-0.15, -0.1) is 0 Å². The van der Waals surface area contributed by atoms with Crippen LogP contribution in [0.25, 0.3) is 5.69 Å². The van der Waals surface area contributed by atoms with Gasteiger partial charge >= 0.3 is 0 Å². The van der Waals surface area contributed by atoms with Crippen molar-refractivity contribution in [1.82, 2.24) is 9.55 Å². The van der Waals surface area contributed by atoms with Gasteiger partial charge in [-0.05, 0) is 38.1 Å². The van der Waals surface area contributed by atoms with Gasteiger partial charge in [-0.2, -0.15) is 0 Å². The standard InChI is InChI=1S/C15H21N3O2/c1-4-20-14-7-5-13(6-8-14)18-10-9-16-15(18)17-12(2)11-19-3/h5-10,12H,4,11H2,1-3H3,(H,16,17). The Bertz CT molecular complexity index is 522. The van der Waals surface area contributed by atoms with Crippen LogP contribution in [0.1, 0.15) is 13.8 Å². The summed E-state index contributed by atoms with van der Waals surface area (Å²) >= 11 is 0. The molecule has 1 atom stereocenters. The van der Waals surface area contributed by atoms with Gasteiger partial charge in [-0.3, -0.25) is 4.57 Å². The van der Waals surface area contributed by atoms with E-state index in [-0.39, 0.29) is 6.04 Å². The number of anilines is 1. The predicted molar refractivity (Wildman–Crippen MR) is 79.7 cm³/mol. The molecule has 0 saturated heterocycles. The van der Waals surface area contributed by atoms with Crippen molar-refractivity contribution < 1.29 is 9.47 Å². The van der Waals surface area contributed by atoms with Gasteiger partial charge in [0.25, 0.3) is 0 Å². The topological polar surface area (TPSA) is 48.3 Å². The number of hydrogen-bond acceptors (Lipinski definition) is 4. The second-order valence-corrected chi connectivity index (χ2v) is 4.55. The summed E-state index contributed by atoms with van der Waals surface area (Å²) in [7, 11) is 1.69. The number of rotatable bonds is 7. The van der Waals surface area contributed by atoms with Crippen LogP contribution in [-0.2, 0) is 4.74 Å². The first-order valence-electron chi connectivity index (χ1n) is 6.76. The van der Waals surface area contributed by atoms with Crippen LogP contribution in [0.15, 0.2) is 36.7 Å². The van der Waals surface area contributed by atoms with Crippen LogP contribution in [0, 0.1) is 0 Å². The number of hydrogen-bond donors (Lipinski definition) is 1. The molecule has 0 spiro atoms. The van der Waals surface area contributed by atoms with Crippen LogP contribution in [0.2, 0.25) is 0 Å². The Kier molecular flexibility index (Phi) is 5.01. The number of nitrogens with zero attached hydrogens (tertiary/aromatic N) is 2. The maximum atomic E-state index is 5.45. The molecule has 1 aromatic heterocycles. The molecule has 0 radical (unpaired) electrons. The van der Waals surface area contributed by atoms with Gasteiger partial charge in [0.1, 0.15) is 5.75 Å². The van der Waals surface area contributed by atoms with Crippen LogP contribution < -0.4 is 10.1 Å². The number of nitrogens with one attached hydrogen (secondary N) is 1. The fraction of sp³-hybridized carbons (Fsp3) is 0.400. The molecule has 5 heteroatoms. The number of aromatic nitrogens is 2. The molecule has 20 heavy (non-hydrogen) atoms. The number of ether oxygens (including phenoxy) is 2. The largest absolute Gasteiger partial charge is 0.494 e. The minimum absolute atomic E-state index is 0.198. The molecule has 0 amide bonds. The maximum Gasteiger partial charge on any atom is 0.207 e. The second-order valence-electron chi connectivity index (χ2n) is 4.55. The first-order valence-corrected chi connectivity index (χ1v) is 6.76. The van der Waals surface area contributed by atoms with Gasteiger partial charge < -0.3 is 14.8 Å². The molecule has 2 rings (SSSR count). The van der Waals surface area contributed by atoms with E-state index in [0.29, 0.717) is 13.2 Å². The molecule has 0 saturated carbocycles. The van der Waals surface area contributed by atoms with Crippen molar-refractivity contribution >= 4 is 5.95 Å². The van der Waals surface area contributed by atoms with Crippen molar-refractivity contribution in [1.29, 1.82) is 0 Å². The summed E-state index contributed by atoms with van der Waals surface area (Å²) in [6.07, 6.45) is 3.70. The van der Waals surface area contributed by atoms with Crippen LogP contribution in [0.5, 0.6) is 5.75 Å². The number of imidazole rings is 1. The van der Waals surface area contributed by atoms with E-state index in [4.69, 9.17) is 9.47 Å². The quantitative estimate of drug-likeness (QED) is 0.844. The highest BCUT2D eigenvalue weighted by Crippen LogP contribution is 2.19. The van der Waals surface area contributed by atoms with Crippen molar-refractivity contribution in [3.8, 4) is 11.4 Å². The monoisotopic (exact) mass is 275 g/mol. The molecule has 1 heterocycles. The summed E-state index contributed by atoms with van der Waals surface area (Å²) in [5.41, 5.74) is 1.04. The maximum absolute atomic E-state index is 5.45. The molecular weight excluding hydrogens is 254 g/mol. The van der Waals surface area contributed by atoms with E-state index in [9.17, 15) is 0 Å². The molecule has 0 fully saturated rings. The molecule has 1 aromatic carbocycles. The minimum Gasteiger partial charge on any atom is -0.494 e. The molecular formula is C15H21N3O2. The van der Waals surface area contributed by atoms with Crippen LogP contribution in [0.4, 0.5) is 5.95 Å². The van der Waals surface area contributed by atoms with Crippen molar-refractivity contribution in [2.24, 2.45) is 0 Å². The summed E-state index contributed by atoms with van der Waals surface area (Å²) < 4.78 is 12.6. The summed E-state index contributed by atoms with van der Waals surface area (Å²) in [6, 6.07) is 8.14. The third-order valence-electron chi connectivity index (χ3n) is 2.86. The Labute approximate surface area is 119 Å². The predicted octanol–water partition coefficient (Wildman–Crippen LogP) is 2.72. The molecule has 0 bridgehead atoms. The lowest BCUT2D eigenvalue weighted by molar-refractivity contribution is 0.190. The lowest BCUT2D eigenvalue weighted by atomic mass is 10.3. The Hall–Kier alpha value is -2.01. The molecule has 0 aliphatic carbocycles. The van der Waals surface area contributed by atoms with Gasteiger partial charge in [-0.25, -0.2) is 4.98 Å².